The zero-order chi connectivity index (χ0) is 15.2. The van der Waals surface area contributed by atoms with E-state index in [1.807, 2.05) is 42.7 Å². The Labute approximate surface area is 123 Å². The minimum absolute atomic E-state index is 0.0762. The van der Waals surface area contributed by atoms with Gasteiger partial charge in [-0.15, -0.1) is 0 Å². The van der Waals surface area contributed by atoms with E-state index in [0.29, 0.717) is 11.3 Å². The number of nitrogens with zero attached hydrogens (tertiary/aromatic N) is 3. The third-order valence-corrected chi connectivity index (χ3v) is 3.97. The number of aliphatic hydroxyl groups is 1. The molecule has 5 heteroatoms. The number of hydrogen-bond donors (Lipinski definition) is 2. The molecule has 0 spiro atoms. The summed E-state index contributed by atoms with van der Waals surface area (Å²) < 4.78 is 2.02. The van der Waals surface area contributed by atoms with Crippen LogP contribution in [-0.4, -0.2) is 25.2 Å². The van der Waals surface area contributed by atoms with E-state index >= 15 is 0 Å². The van der Waals surface area contributed by atoms with Gasteiger partial charge in [0.05, 0.1) is 29.0 Å². The van der Waals surface area contributed by atoms with Gasteiger partial charge in [-0.2, -0.15) is 0 Å². The summed E-state index contributed by atoms with van der Waals surface area (Å²) in [6.07, 6.45) is 2.55. The van der Waals surface area contributed by atoms with Gasteiger partial charge in [-0.25, -0.2) is 9.97 Å². The van der Waals surface area contributed by atoms with Crippen LogP contribution in [0.2, 0.25) is 0 Å². The van der Waals surface area contributed by atoms with Crippen LogP contribution >= 0.6 is 0 Å². The molecule has 0 fully saturated rings. The lowest BCUT2D eigenvalue weighted by Crippen LogP contribution is -2.32. The van der Waals surface area contributed by atoms with Gasteiger partial charge in [0.15, 0.2) is 5.82 Å². The average Bonchev–Trinajstić information content (AvgIpc) is 2.84. The van der Waals surface area contributed by atoms with Crippen molar-refractivity contribution in [2.24, 2.45) is 0 Å². The number of aromatic nitrogens is 3. The minimum Gasteiger partial charge on any atom is -0.388 e. The highest BCUT2D eigenvalue weighted by Gasteiger charge is 2.28. The molecule has 2 aromatic heterocycles. The third-order valence-electron chi connectivity index (χ3n) is 3.97. The Morgan fingerprint density at radius 1 is 1.33 bits per heavy atom. The molecule has 0 bridgehead atoms. The molecular weight excluding hydrogens is 264 g/mol. The Hall–Kier alpha value is -2.14. The lowest BCUT2D eigenvalue weighted by Gasteiger charge is -2.30. The first-order chi connectivity index (χ1) is 9.93. The van der Waals surface area contributed by atoms with Crippen LogP contribution in [0, 0.1) is 0 Å². The van der Waals surface area contributed by atoms with E-state index in [1.54, 1.807) is 6.33 Å². The molecule has 3 N–H and O–H groups in total. The summed E-state index contributed by atoms with van der Waals surface area (Å²) in [5.74, 6) is 0.424. The average molecular weight is 284 g/mol. The van der Waals surface area contributed by atoms with Crippen LogP contribution in [0.15, 0.2) is 30.6 Å². The molecule has 1 atom stereocenters. The zero-order valence-corrected chi connectivity index (χ0v) is 12.5. The van der Waals surface area contributed by atoms with Gasteiger partial charge in [0.2, 0.25) is 0 Å². The van der Waals surface area contributed by atoms with Crippen molar-refractivity contribution in [3.63, 3.8) is 0 Å². The van der Waals surface area contributed by atoms with E-state index in [4.69, 9.17) is 5.73 Å². The molecule has 0 radical (unpaired) electrons. The molecule has 110 valence electrons. The Balaban J connectivity index is 2.39. The summed E-state index contributed by atoms with van der Waals surface area (Å²) in [4.78, 5) is 8.82. The highest BCUT2D eigenvalue weighted by molar-refractivity contribution is 6.06. The molecule has 0 aliphatic heterocycles. The van der Waals surface area contributed by atoms with Crippen LogP contribution in [0.4, 0.5) is 5.82 Å². The second-order valence-electron chi connectivity index (χ2n) is 5.94. The molecule has 0 amide bonds. The predicted molar refractivity (Wildman–Crippen MR) is 85.1 cm³/mol. The Morgan fingerprint density at radius 3 is 2.71 bits per heavy atom. The largest absolute Gasteiger partial charge is 0.388 e. The van der Waals surface area contributed by atoms with E-state index in [-0.39, 0.29) is 6.04 Å². The van der Waals surface area contributed by atoms with Crippen LogP contribution in [0.1, 0.15) is 33.2 Å². The minimum atomic E-state index is -0.846. The van der Waals surface area contributed by atoms with Gasteiger partial charge in [-0.3, -0.25) is 0 Å². The Morgan fingerprint density at radius 2 is 2.05 bits per heavy atom. The molecule has 0 saturated heterocycles. The molecule has 5 nitrogen and oxygen atoms in total. The van der Waals surface area contributed by atoms with Crippen molar-refractivity contribution >= 4 is 27.8 Å². The number of nitrogen functional groups attached to an aromatic ring is 1. The number of para-hydroxylation sites is 1. The zero-order valence-electron chi connectivity index (χ0n) is 12.5. The van der Waals surface area contributed by atoms with Crippen molar-refractivity contribution in [2.45, 2.75) is 38.8 Å². The summed E-state index contributed by atoms with van der Waals surface area (Å²) in [6, 6.07) is 7.79. The number of hydrogen-bond acceptors (Lipinski definition) is 4. The van der Waals surface area contributed by atoms with Gasteiger partial charge in [0, 0.05) is 5.39 Å². The fourth-order valence-electron chi connectivity index (χ4n) is 3.04. The van der Waals surface area contributed by atoms with Crippen molar-refractivity contribution in [1.29, 1.82) is 0 Å². The molecule has 3 aromatic rings. The normalized spacial score (nSPS) is 13.9. The molecule has 0 aliphatic rings. The standard InChI is InChI=1S/C16H20N4O/c1-4-12(16(2,3)21)20-9-18-13-14(20)10-7-5-6-8-11(10)19-15(13)17/h5-9,12,21H,4H2,1-3H3,(H2,17,19)/t12-/m0/s1. The highest BCUT2D eigenvalue weighted by Crippen LogP contribution is 2.33. The maximum absolute atomic E-state index is 10.5. The van der Waals surface area contributed by atoms with Gasteiger partial charge in [0.1, 0.15) is 5.52 Å². The van der Waals surface area contributed by atoms with Crippen molar-refractivity contribution in [3.05, 3.63) is 30.6 Å². The van der Waals surface area contributed by atoms with Gasteiger partial charge in [-0.05, 0) is 26.3 Å². The molecule has 21 heavy (non-hydrogen) atoms. The Bertz CT molecular complexity index is 801. The SMILES string of the molecule is CC[C@H](n1cnc2c(N)nc3ccccc3c21)C(C)(C)O. The first-order valence-electron chi connectivity index (χ1n) is 7.16. The monoisotopic (exact) mass is 284 g/mol. The molecule has 2 heterocycles. The van der Waals surface area contributed by atoms with Gasteiger partial charge in [-0.1, -0.05) is 25.1 Å². The summed E-state index contributed by atoms with van der Waals surface area (Å²) in [7, 11) is 0. The number of fused-ring (bicyclic) bond motifs is 3. The fourth-order valence-corrected chi connectivity index (χ4v) is 3.04. The first-order valence-corrected chi connectivity index (χ1v) is 7.16. The van der Waals surface area contributed by atoms with Crippen molar-refractivity contribution < 1.29 is 5.11 Å². The maximum atomic E-state index is 10.5. The van der Waals surface area contributed by atoms with Crippen molar-refractivity contribution in [1.82, 2.24) is 14.5 Å². The van der Waals surface area contributed by atoms with Crippen molar-refractivity contribution in [3.8, 4) is 0 Å². The van der Waals surface area contributed by atoms with Crippen LogP contribution in [0.25, 0.3) is 21.9 Å². The molecule has 1 aromatic carbocycles. The summed E-state index contributed by atoms with van der Waals surface area (Å²) in [6.45, 7) is 5.70. The van der Waals surface area contributed by atoms with Crippen LogP contribution in [-0.2, 0) is 0 Å². The highest BCUT2D eigenvalue weighted by atomic mass is 16.3. The summed E-state index contributed by atoms with van der Waals surface area (Å²) in [5.41, 5.74) is 7.66. The number of benzene rings is 1. The number of pyridine rings is 1. The quantitative estimate of drug-likeness (QED) is 0.775. The van der Waals surface area contributed by atoms with E-state index in [2.05, 4.69) is 16.9 Å². The lowest BCUT2D eigenvalue weighted by molar-refractivity contribution is 0.0229. The molecular formula is C16H20N4O. The second kappa shape index (κ2) is 4.70. The van der Waals surface area contributed by atoms with Crippen LogP contribution in [0.3, 0.4) is 0 Å². The summed E-state index contributed by atoms with van der Waals surface area (Å²) in [5, 5.41) is 11.5. The predicted octanol–water partition coefficient (Wildman–Crippen LogP) is 2.89. The van der Waals surface area contributed by atoms with Gasteiger partial charge < -0.3 is 15.4 Å². The van der Waals surface area contributed by atoms with Gasteiger partial charge in [0.25, 0.3) is 0 Å². The molecule has 0 saturated carbocycles. The smallest absolute Gasteiger partial charge is 0.152 e. The van der Waals surface area contributed by atoms with Gasteiger partial charge >= 0.3 is 0 Å². The van der Waals surface area contributed by atoms with E-state index in [9.17, 15) is 5.11 Å². The third kappa shape index (κ3) is 2.14. The topological polar surface area (TPSA) is 77.0 Å². The number of anilines is 1. The lowest BCUT2D eigenvalue weighted by atomic mass is 9.96. The van der Waals surface area contributed by atoms with E-state index < -0.39 is 5.60 Å². The number of nitrogens with two attached hydrogens (primary N) is 1. The van der Waals surface area contributed by atoms with Crippen LogP contribution < -0.4 is 5.73 Å². The first kappa shape index (κ1) is 13.8. The molecule has 0 aliphatic carbocycles. The summed E-state index contributed by atoms with van der Waals surface area (Å²) >= 11 is 0. The number of rotatable bonds is 3. The van der Waals surface area contributed by atoms with E-state index in [0.717, 1.165) is 22.8 Å². The van der Waals surface area contributed by atoms with E-state index in [1.165, 1.54) is 0 Å². The molecule has 0 unspecified atom stereocenters. The fraction of sp³-hybridized carbons (Fsp3) is 0.375. The number of imidazole rings is 1. The maximum Gasteiger partial charge on any atom is 0.152 e. The van der Waals surface area contributed by atoms with Crippen molar-refractivity contribution in [2.75, 3.05) is 5.73 Å². The Kier molecular flexibility index (Phi) is 3.10. The van der Waals surface area contributed by atoms with Crippen LogP contribution in [0.5, 0.6) is 0 Å². The second-order valence-corrected chi connectivity index (χ2v) is 5.94. The molecule has 3 rings (SSSR count).